The van der Waals surface area contributed by atoms with Crippen molar-refractivity contribution in [1.82, 2.24) is 5.32 Å². The monoisotopic (exact) mass is 337 g/mol. The van der Waals surface area contributed by atoms with Gasteiger partial charge < -0.3 is 5.32 Å². The summed E-state index contributed by atoms with van der Waals surface area (Å²) < 4.78 is 13.9. The summed E-state index contributed by atoms with van der Waals surface area (Å²) in [5, 5.41) is 3.08. The Kier molecular flexibility index (Phi) is 6.22. The Morgan fingerprint density at radius 1 is 1.30 bits per heavy atom. The van der Waals surface area contributed by atoms with E-state index in [0.29, 0.717) is 22.3 Å². The van der Waals surface area contributed by atoms with Crippen molar-refractivity contribution in [2.75, 3.05) is 5.75 Å². The normalized spacial score (nSPS) is 24.3. The first-order valence-corrected chi connectivity index (χ1v) is 9.09. The van der Waals surface area contributed by atoms with Gasteiger partial charge in [0.15, 0.2) is 5.78 Å². The Morgan fingerprint density at radius 3 is 2.70 bits per heavy atom. The Balaban J connectivity index is 1.88. The quantitative estimate of drug-likeness (QED) is 0.651. The lowest BCUT2D eigenvalue weighted by molar-refractivity contribution is -0.120. The molecular weight excluding hydrogens is 313 g/mol. The molecule has 0 aromatic heterocycles. The summed E-state index contributed by atoms with van der Waals surface area (Å²) in [5.41, 5.74) is 0.348. The van der Waals surface area contributed by atoms with E-state index in [4.69, 9.17) is 0 Å². The smallest absolute Gasteiger partial charge is 0.230 e. The maximum absolute atomic E-state index is 13.9. The summed E-state index contributed by atoms with van der Waals surface area (Å²) in [5.74, 6) is 0.612. The number of carbonyl (C=O) groups excluding carboxylic acids is 2. The number of benzene rings is 1. The molecule has 3 nitrogen and oxygen atoms in total. The van der Waals surface area contributed by atoms with Crippen LogP contribution in [0.15, 0.2) is 23.1 Å². The van der Waals surface area contributed by atoms with Crippen LogP contribution in [0.4, 0.5) is 4.39 Å². The van der Waals surface area contributed by atoms with Crippen LogP contribution in [-0.4, -0.2) is 23.5 Å². The van der Waals surface area contributed by atoms with Gasteiger partial charge in [0.2, 0.25) is 5.91 Å². The van der Waals surface area contributed by atoms with Crippen LogP contribution in [0.25, 0.3) is 0 Å². The van der Waals surface area contributed by atoms with Gasteiger partial charge in [-0.2, -0.15) is 0 Å². The molecule has 2 rings (SSSR count). The Bertz CT molecular complexity index is 590. The highest BCUT2D eigenvalue weighted by Gasteiger charge is 2.28. The molecular formula is C18H24FNO2S. The number of carbonyl (C=O) groups is 2. The highest BCUT2D eigenvalue weighted by atomic mass is 32.2. The van der Waals surface area contributed by atoms with E-state index >= 15 is 0 Å². The zero-order chi connectivity index (χ0) is 17.0. The van der Waals surface area contributed by atoms with Gasteiger partial charge in [-0.15, -0.1) is 11.8 Å². The first kappa shape index (κ1) is 18.0. The molecule has 23 heavy (non-hydrogen) atoms. The summed E-state index contributed by atoms with van der Waals surface area (Å²) >= 11 is 1.17. The van der Waals surface area contributed by atoms with E-state index in [9.17, 15) is 14.0 Å². The van der Waals surface area contributed by atoms with Crippen LogP contribution in [0.3, 0.4) is 0 Å². The molecule has 1 N–H and O–H groups in total. The zero-order valence-electron chi connectivity index (χ0n) is 13.9. The van der Waals surface area contributed by atoms with Crippen LogP contribution in [0.5, 0.6) is 0 Å². The van der Waals surface area contributed by atoms with Crippen LogP contribution < -0.4 is 5.32 Å². The van der Waals surface area contributed by atoms with Gasteiger partial charge >= 0.3 is 0 Å². The molecule has 5 heteroatoms. The van der Waals surface area contributed by atoms with Crippen molar-refractivity contribution in [3.05, 3.63) is 29.6 Å². The number of hydrogen-bond donors (Lipinski definition) is 1. The predicted molar refractivity (Wildman–Crippen MR) is 91.2 cm³/mol. The van der Waals surface area contributed by atoms with Gasteiger partial charge in [-0.1, -0.05) is 32.8 Å². The Morgan fingerprint density at radius 2 is 2.04 bits per heavy atom. The number of hydrogen-bond acceptors (Lipinski definition) is 3. The summed E-state index contributed by atoms with van der Waals surface area (Å²) in [4.78, 5) is 23.7. The second-order valence-corrected chi connectivity index (χ2v) is 7.45. The highest BCUT2D eigenvalue weighted by molar-refractivity contribution is 8.00. The van der Waals surface area contributed by atoms with Crippen molar-refractivity contribution in [3.8, 4) is 0 Å². The molecule has 0 unspecified atom stereocenters. The fourth-order valence-electron chi connectivity index (χ4n) is 3.01. The van der Waals surface area contributed by atoms with E-state index in [-0.39, 0.29) is 23.5 Å². The molecule has 1 saturated carbocycles. The third kappa shape index (κ3) is 4.80. The number of nitrogens with one attached hydrogen (secondary N) is 1. The van der Waals surface area contributed by atoms with E-state index in [1.54, 1.807) is 12.1 Å². The van der Waals surface area contributed by atoms with Gasteiger partial charge in [-0.3, -0.25) is 9.59 Å². The number of halogens is 1. The molecule has 1 aromatic carbocycles. The molecule has 0 spiro atoms. The number of thioether (sulfide) groups is 1. The molecule has 0 bridgehead atoms. The number of rotatable bonds is 5. The fourth-order valence-corrected chi connectivity index (χ4v) is 3.75. The van der Waals surface area contributed by atoms with Crippen molar-refractivity contribution in [2.45, 2.75) is 51.0 Å². The summed E-state index contributed by atoms with van der Waals surface area (Å²) in [6.45, 7) is 5.81. The largest absolute Gasteiger partial charge is 0.352 e. The SMILES string of the molecule is CC(=O)c1ccc(SCC(=O)N[C@@H]2CCC[C@H](C)[C@@H]2C)c(F)c1. The minimum absolute atomic E-state index is 0.0593. The minimum atomic E-state index is -0.449. The highest BCUT2D eigenvalue weighted by Crippen LogP contribution is 2.29. The molecule has 1 fully saturated rings. The zero-order valence-corrected chi connectivity index (χ0v) is 14.7. The molecule has 0 saturated heterocycles. The summed E-state index contributed by atoms with van der Waals surface area (Å²) in [7, 11) is 0. The molecule has 1 aromatic rings. The van der Waals surface area contributed by atoms with Crippen LogP contribution in [0, 0.1) is 17.7 Å². The summed E-state index contributed by atoms with van der Waals surface area (Å²) in [6, 6.07) is 4.61. The van der Waals surface area contributed by atoms with Crippen LogP contribution in [-0.2, 0) is 4.79 Å². The van der Waals surface area contributed by atoms with Crippen molar-refractivity contribution in [2.24, 2.45) is 11.8 Å². The predicted octanol–water partition coefficient (Wildman–Crippen LogP) is 4.06. The van der Waals surface area contributed by atoms with E-state index in [2.05, 4.69) is 19.2 Å². The number of Topliss-reactive ketones (excluding diaryl/α,β-unsaturated/α-hetero) is 1. The Labute approximate surface area is 141 Å². The maximum atomic E-state index is 13.9. The summed E-state index contributed by atoms with van der Waals surface area (Å²) in [6.07, 6.45) is 3.38. The molecule has 3 atom stereocenters. The molecule has 126 valence electrons. The van der Waals surface area contributed by atoms with Gasteiger partial charge in [0.05, 0.1) is 5.75 Å². The molecule has 1 aliphatic rings. The van der Waals surface area contributed by atoms with Gasteiger partial charge in [-0.25, -0.2) is 4.39 Å². The Hall–Kier alpha value is -1.36. The van der Waals surface area contributed by atoms with E-state index in [1.807, 2.05) is 0 Å². The van der Waals surface area contributed by atoms with E-state index in [1.165, 1.54) is 31.2 Å². The van der Waals surface area contributed by atoms with Gasteiger partial charge in [0.25, 0.3) is 0 Å². The van der Waals surface area contributed by atoms with Gasteiger partial charge in [-0.05, 0) is 37.3 Å². The first-order valence-electron chi connectivity index (χ1n) is 8.11. The standard InChI is InChI=1S/C18H24FNO2S/c1-11-5-4-6-16(12(11)2)20-18(22)10-23-17-8-7-14(13(3)21)9-15(17)19/h7-9,11-12,16H,4-6,10H2,1-3H3,(H,20,22)/t11-,12-,16+/m0/s1. The van der Waals surface area contributed by atoms with Crippen molar-refractivity contribution < 1.29 is 14.0 Å². The number of amides is 1. The van der Waals surface area contributed by atoms with E-state index < -0.39 is 5.82 Å². The lowest BCUT2D eigenvalue weighted by atomic mass is 9.78. The van der Waals surface area contributed by atoms with Crippen molar-refractivity contribution >= 4 is 23.5 Å². The molecule has 1 amide bonds. The molecule has 0 heterocycles. The average molecular weight is 337 g/mol. The molecule has 0 aliphatic heterocycles. The fraction of sp³-hybridized carbons (Fsp3) is 0.556. The maximum Gasteiger partial charge on any atom is 0.230 e. The second-order valence-electron chi connectivity index (χ2n) is 6.43. The lowest BCUT2D eigenvalue weighted by Gasteiger charge is -2.34. The van der Waals surface area contributed by atoms with Crippen LogP contribution in [0.2, 0.25) is 0 Å². The minimum Gasteiger partial charge on any atom is -0.352 e. The van der Waals surface area contributed by atoms with Gasteiger partial charge in [0, 0.05) is 16.5 Å². The lowest BCUT2D eigenvalue weighted by Crippen LogP contribution is -2.44. The third-order valence-corrected chi connectivity index (χ3v) is 5.80. The van der Waals surface area contributed by atoms with Crippen molar-refractivity contribution in [1.29, 1.82) is 0 Å². The van der Waals surface area contributed by atoms with Crippen LogP contribution in [0.1, 0.15) is 50.4 Å². The average Bonchev–Trinajstić information content (AvgIpc) is 2.50. The topological polar surface area (TPSA) is 46.2 Å². The van der Waals surface area contributed by atoms with Crippen molar-refractivity contribution in [3.63, 3.8) is 0 Å². The first-order chi connectivity index (χ1) is 10.9. The second kappa shape index (κ2) is 7.95. The van der Waals surface area contributed by atoms with Gasteiger partial charge in [0.1, 0.15) is 5.82 Å². The number of ketones is 1. The molecule has 1 aliphatic carbocycles. The molecule has 0 radical (unpaired) electrons. The third-order valence-electron chi connectivity index (χ3n) is 4.75. The van der Waals surface area contributed by atoms with Crippen LogP contribution >= 0.6 is 11.8 Å². The van der Waals surface area contributed by atoms with E-state index in [0.717, 1.165) is 12.8 Å².